The first-order chi connectivity index (χ1) is 14.8. The van der Waals surface area contributed by atoms with E-state index in [2.05, 4.69) is 4.90 Å². The summed E-state index contributed by atoms with van der Waals surface area (Å²) in [6, 6.07) is 19.5. The summed E-state index contributed by atoms with van der Waals surface area (Å²) < 4.78 is 0. The molecule has 0 radical (unpaired) electrons. The van der Waals surface area contributed by atoms with Crippen LogP contribution in [0.25, 0.3) is 0 Å². The van der Waals surface area contributed by atoms with Gasteiger partial charge in [0.2, 0.25) is 0 Å². The minimum atomic E-state index is -0.203. The molecule has 0 aromatic heterocycles. The fourth-order valence-corrected chi connectivity index (χ4v) is 3.13. The molecule has 0 amide bonds. The standard InChI is InChI=1S/C21H21N4O6/c26-23(27)19-7-1-16(2-8-19)13-22(14-17-3-9-20(10-4-17)24(28)29)15-18-5-11-21(12-6-18)25(30)31/h1-12,26,28,30H,13-15H2/q-3. The maximum atomic E-state index is 11.0. The van der Waals surface area contributed by atoms with Gasteiger partial charge >= 0.3 is 0 Å². The van der Waals surface area contributed by atoms with Gasteiger partial charge in [0.1, 0.15) is 0 Å². The minimum Gasteiger partial charge on any atom is -0.733 e. The van der Waals surface area contributed by atoms with E-state index in [0.29, 0.717) is 19.6 Å². The van der Waals surface area contributed by atoms with Crippen molar-refractivity contribution >= 4 is 17.1 Å². The van der Waals surface area contributed by atoms with Crippen molar-refractivity contribution in [2.75, 3.05) is 15.7 Å². The minimum absolute atomic E-state index is 0.124. The molecule has 0 aliphatic rings. The molecule has 164 valence electrons. The second-order valence-electron chi connectivity index (χ2n) is 6.96. The summed E-state index contributed by atoms with van der Waals surface area (Å²) in [6.45, 7) is 1.53. The Hall–Kier alpha value is -3.22. The van der Waals surface area contributed by atoms with E-state index < -0.39 is 0 Å². The van der Waals surface area contributed by atoms with E-state index in [-0.39, 0.29) is 32.7 Å². The molecule has 3 N–H and O–H groups in total. The summed E-state index contributed by atoms with van der Waals surface area (Å²) >= 11 is 0. The molecule has 0 spiro atoms. The van der Waals surface area contributed by atoms with Crippen LogP contribution in [-0.4, -0.2) is 20.5 Å². The highest BCUT2D eigenvalue weighted by molar-refractivity contribution is 5.47. The number of anilines is 3. The molecular formula is C21H21N4O6-3. The molecule has 10 heteroatoms. The van der Waals surface area contributed by atoms with Crippen LogP contribution in [0.15, 0.2) is 72.8 Å². The Balaban J connectivity index is 1.78. The maximum Gasteiger partial charge on any atom is 0.0508 e. The Labute approximate surface area is 178 Å². The van der Waals surface area contributed by atoms with Crippen LogP contribution in [0, 0.1) is 15.6 Å². The van der Waals surface area contributed by atoms with Crippen molar-refractivity contribution in [1.82, 2.24) is 4.90 Å². The lowest BCUT2D eigenvalue weighted by Crippen LogP contribution is -2.22. The van der Waals surface area contributed by atoms with Gasteiger partial charge in [-0.2, -0.15) is 0 Å². The van der Waals surface area contributed by atoms with Crippen molar-refractivity contribution in [2.24, 2.45) is 0 Å². The van der Waals surface area contributed by atoms with Gasteiger partial charge in [0.15, 0.2) is 0 Å². The van der Waals surface area contributed by atoms with E-state index in [0.717, 1.165) is 16.7 Å². The van der Waals surface area contributed by atoms with E-state index in [9.17, 15) is 15.6 Å². The van der Waals surface area contributed by atoms with Crippen molar-refractivity contribution in [1.29, 1.82) is 0 Å². The highest BCUT2D eigenvalue weighted by atomic mass is 16.8. The molecule has 3 aromatic carbocycles. The average molecular weight is 425 g/mol. The van der Waals surface area contributed by atoms with Crippen LogP contribution in [0.4, 0.5) is 17.1 Å². The average Bonchev–Trinajstić information content (AvgIpc) is 2.75. The van der Waals surface area contributed by atoms with Crippen molar-refractivity contribution < 1.29 is 15.6 Å². The lowest BCUT2D eigenvalue weighted by molar-refractivity contribution is 0.247. The van der Waals surface area contributed by atoms with Gasteiger partial charge in [0, 0.05) is 19.6 Å². The van der Waals surface area contributed by atoms with E-state index in [1.54, 1.807) is 36.4 Å². The fourth-order valence-electron chi connectivity index (χ4n) is 3.13. The monoisotopic (exact) mass is 425 g/mol. The van der Waals surface area contributed by atoms with Crippen LogP contribution in [0.3, 0.4) is 0 Å². The zero-order valence-corrected chi connectivity index (χ0v) is 16.4. The largest absolute Gasteiger partial charge is 0.733 e. The SMILES string of the molecule is [O-]N(O)c1ccc(CN(Cc2ccc(N([O-])O)cc2)Cc2ccc(N([O-])O)cc2)cc1. The summed E-state index contributed by atoms with van der Waals surface area (Å²) in [7, 11) is 0. The van der Waals surface area contributed by atoms with Crippen LogP contribution in [0.1, 0.15) is 16.7 Å². The Morgan fingerprint density at radius 3 is 0.871 bits per heavy atom. The van der Waals surface area contributed by atoms with Crippen molar-refractivity contribution in [3.05, 3.63) is 105 Å². The predicted octanol–water partition coefficient (Wildman–Crippen LogP) is 3.97. The van der Waals surface area contributed by atoms with Crippen LogP contribution < -0.4 is 15.7 Å². The Morgan fingerprint density at radius 1 is 0.452 bits per heavy atom. The Kier molecular flexibility index (Phi) is 7.39. The molecule has 31 heavy (non-hydrogen) atoms. The first-order valence-corrected chi connectivity index (χ1v) is 9.29. The number of rotatable bonds is 9. The molecule has 10 nitrogen and oxygen atoms in total. The quantitative estimate of drug-likeness (QED) is 0.431. The van der Waals surface area contributed by atoms with E-state index in [1.165, 1.54) is 36.4 Å². The zero-order chi connectivity index (χ0) is 22.4. The second-order valence-corrected chi connectivity index (χ2v) is 6.96. The lowest BCUT2D eigenvalue weighted by atomic mass is 10.1. The van der Waals surface area contributed by atoms with Gasteiger partial charge < -0.3 is 31.3 Å². The van der Waals surface area contributed by atoms with Gasteiger partial charge in [-0.05, 0) is 53.1 Å². The third-order valence-corrected chi connectivity index (χ3v) is 4.69. The molecule has 0 fully saturated rings. The van der Waals surface area contributed by atoms with Gasteiger partial charge in [0.25, 0.3) is 0 Å². The van der Waals surface area contributed by atoms with E-state index in [1.807, 2.05) is 0 Å². The summed E-state index contributed by atoms with van der Waals surface area (Å²) in [5.41, 5.74) is 3.08. The van der Waals surface area contributed by atoms with E-state index in [4.69, 9.17) is 15.6 Å². The molecule has 0 saturated carbocycles. The van der Waals surface area contributed by atoms with Crippen LogP contribution in [0.2, 0.25) is 0 Å². The predicted molar refractivity (Wildman–Crippen MR) is 115 cm³/mol. The topological polar surface area (TPSA) is 143 Å². The first-order valence-electron chi connectivity index (χ1n) is 9.29. The molecule has 3 rings (SSSR count). The molecule has 0 unspecified atom stereocenters. The number of hydrogen-bond acceptors (Lipinski definition) is 10. The maximum absolute atomic E-state index is 11.0. The molecule has 0 aliphatic heterocycles. The van der Waals surface area contributed by atoms with Gasteiger partial charge in [0.05, 0.1) is 17.1 Å². The van der Waals surface area contributed by atoms with Crippen molar-refractivity contribution in [3.63, 3.8) is 0 Å². The van der Waals surface area contributed by atoms with Crippen LogP contribution in [-0.2, 0) is 19.6 Å². The van der Waals surface area contributed by atoms with Gasteiger partial charge in [-0.3, -0.25) is 20.5 Å². The fraction of sp³-hybridized carbons (Fsp3) is 0.143. The molecule has 0 bridgehead atoms. The molecule has 0 aliphatic carbocycles. The normalized spacial score (nSPS) is 10.9. The smallest absolute Gasteiger partial charge is 0.0508 e. The Bertz CT molecular complexity index is 820. The third-order valence-electron chi connectivity index (χ3n) is 4.69. The zero-order valence-electron chi connectivity index (χ0n) is 16.4. The van der Waals surface area contributed by atoms with Crippen molar-refractivity contribution in [3.8, 4) is 0 Å². The first kappa shape index (κ1) is 22.5. The molecule has 0 saturated heterocycles. The van der Waals surface area contributed by atoms with Gasteiger partial charge in [-0.25, -0.2) is 0 Å². The lowest BCUT2D eigenvalue weighted by Gasteiger charge is -2.26. The van der Waals surface area contributed by atoms with Crippen LogP contribution >= 0.6 is 0 Å². The second kappa shape index (κ2) is 10.2. The highest BCUT2D eigenvalue weighted by Gasteiger charge is 2.10. The number of hydrogen-bond donors (Lipinski definition) is 3. The Morgan fingerprint density at radius 2 is 0.677 bits per heavy atom. The number of benzene rings is 3. The molecule has 0 heterocycles. The van der Waals surface area contributed by atoms with E-state index >= 15 is 0 Å². The summed E-state index contributed by atoms with van der Waals surface area (Å²) in [6.07, 6.45) is 0. The summed E-state index contributed by atoms with van der Waals surface area (Å²) in [4.78, 5) is 2.09. The van der Waals surface area contributed by atoms with Crippen molar-refractivity contribution in [2.45, 2.75) is 19.6 Å². The highest BCUT2D eigenvalue weighted by Crippen LogP contribution is 2.20. The number of nitrogens with zero attached hydrogens (tertiary/aromatic N) is 4. The van der Waals surface area contributed by atoms with Crippen LogP contribution in [0.5, 0.6) is 0 Å². The molecular weight excluding hydrogens is 404 g/mol. The third kappa shape index (κ3) is 6.38. The molecule has 0 atom stereocenters. The van der Waals surface area contributed by atoms with Gasteiger partial charge in [-0.15, -0.1) is 0 Å². The summed E-state index contributed by atoms with van der Waals surface area (Å²) in [5, 5.41) is 59.3. The van der Waals surface area contributed by atoms with Gasteiger partial charge in [-0.1, -0.05) is 36.4 Å². The summed E-state index contributed by atoms with van der Waals surface area (Å²) in [5.74, 6) is 0. The molecule has 3 aromatic rings.